The molecule has 1 aliphatic heterocycles. The summed E-state index contributed by atoms with van der Waals surface area (Å²) < 4.78 is 50.5. The summed E-state index contributed by atoms with van der Waals surface area (Å²) in [6, 6.07) is 10.7. The number of aryl methyl sites for hydroxylation is 2. The molecule has 0 aliphatic carbocycles. The summed E-state index contributed by atoms with van der Waals surface area (Å²) in [5, 5.41) is 14.0. The number of fused-ring (bicyclic) bond motifs is 2. The second-order valence-electron chi connectivity index (χ2n) is 10.1. The molecule has 3 aromatic heterocycles. The molecule has 0 fully saturated rings. The van der Waals surface area contributed by atoms with Crippen molar-refractivity contribution in [1.29, 1.82) is 5.26 Å². The number of rotatable bonds is 5. The third kappa shape index (κ3) is 4.62. The van der Waals surface area contributed by atoms with Crippen LogP contribution in [0.15, 0.2) is 55.2 Å². The zero-order chi connectivity index (χ0) is 29.8. The highest BCUT2D eigenvalue weighted by atomic mass is 19.4. The standard InChI is InChI=1S/C30H24F3N7O2/c1-17-8-26(24-12-20(42-3)11-19(13-34)27(24)36-17)40-6-4-21-22(25-15-38(2)37-28(25)30(31,32)33)9-18(10-23(21)29(40)41)14-39-7-5-35-16-39/h5,7-12,15-16H,4,6,14H2,1-3H3. The van der Waals surface area contributed by atoms with Gasteiger partial charge in [0.1, 0.15) is 11.8 Å². The van der Waals surface area contributed by atoms with Crippen molar-refractivity contribution in [3.8, 4) is 22.9 Å². The molecule has 5 aromatic rings. The van der Waals surface area contributed by atoms with Crippen molar-refractivity contribution in [2.75, 3.05) is 18.6 Å². The molecule has 0 N–H and O–H groups in total. The lowest BCUT2D eigenvalue weighted by atomic mass is 9.87. The molecule has 0 saturated heterocycles. The summed E-state index contributed by atoms with van der Waals surface area (Å²) in [6.45, 7) is 2.28. The summed E-state index contributed by atoms with van der Waals surface area (Å²) in [7, 11) is 2.93. The summed E-state index contributed by atoms with van der Waals surface area (Å²) in [5.74, 6) is 0.0765. The molecule has 0 spiro atoms. The number of nitrogens with zero attached hydrogens (tertiary/aromatic N) is 7. The molecule has 12 heteroatoms. The van der Waals surface area contributed by atoms with E-state index in [0.29, 0.717) is 68.8 Å². The Kier molecular flexibility index (Phi) is 6.45. The Balaban J connectivity index is 1.55. The molecule has 4 heterocycles. The van der Waals surface area contributed by atoms with Gasteiger partial charge in [0.05, 0.1) is 30.2 Å². The van der Waals surface area contributed by atoms with Gasteiger partial charge in [0, 0.05) is 67.0 Å². The largest absolute Gasteiger partial charge is 0.497 e. The molecule has 0 atom stereocenters. The third-order valence-electron chi connectivity index (χ3n) is 7.32. The van der Waals surface area contributed by atoms with Gasteiger partial charge in [-0.3, -0.25) is 14.5 Å². The van der Waals surface area contributed by atoms with Crippen LogP contribution >= 0.6 is 0 Å². The summed E-state index contributed by atoms with van der Waals surface area (Å²) in [4.78, 5) is 24.5. The van der Waals surface area contributed by atoms with Gasteiger partial charge in [-0.25, -0.2) is 4.98 Å². The van der Waals surface area contributed by atoms with E-state index in [-0.39, 0.29) is 18.0 Å². The van der Waals surface area contributed by atoms with Crippen LogP contribution in [-0.2, 0) is 26.2 Å². The average Bonchev–Trinajstić information content (AvgIpc) is 3.61. The van der Waals surface area contributed by atoms with E-state index in [4.69, 9.17) is 4.74 Å². The van der Waals surface area contributed by atoms with Crippen LogP contribution in [0.5, 0.6) is 5.75 Å². The van der Waals surface area contributed by atoms with Crippen LogP contribution in [0.3, 0.4) is 0 Å². The highest BCUT2D eigenvalue weighted by Gasteiger charge is 2.39. The topological polar surface area (TPSA) is 102 Å². The Bertz CT molecular complexity index is 1900. The molecule has 212 valence electrons. The lowest BCUT2D eigenvalue weighted by Gasteiger charge is -2.31. The fraction of sp³-hybridized carbons (Fsp3) is 0.233. The number of hydrogen-bond acceptors (Lipinski definition) is 6. The van der Waals surface area contributed by atoms with Gasteiger partial charge in [0.2, 0.25) is 0 Å². The fourth-order valence-electron chi connectivity index (χ4n) is 5.54. The number of carbonyl (C=O) groups excluding carboxylic acids is 1. The Morgan fingerprint density at radius 3 is 2.60 bits per heavy atom. The molecular formula is C30H24F3N7O2. The molecule has 2 aromatic carbocycles. The first-order valence-electron chi connectivity index (χ1n) is 13.0. The van der Waals surface area contributed by atoms with E-state index in [1.54, 1.807) is 65.4 Å². The van der Waals surface area contributed by atoms with E-state index in [9.17, 15) is 23.2 Å². The average molecular weight is 572 g/mol. The Hall–Kier alpha value is -5.18. The Labute approximate surface area is 238 Å². The molecule has 6 rings (SSSR count). The van der Waals surface area contributed by atoms with Gasteiger partial charge in [-0.2, -0.15) is 23.5 Å². The van der Waals surface area contributed by atoms with E-state index in [0.717, 1.165) is 4.68 Å². The van der Waals surface area contributed by atoms with E-state index in [1.807, 2.05) is 0 Å². The van der Waals surface area contributed by atoms with Crippen LogP contribution in [0.1, 0.15) is 38.4 Å². The molecule has 9 nitrogen and oxygen atoms in total. The maximum absolute atomic E-state index is 14.3. The molecule has 0 radical (unpaired) electrons. The van der Waals surface area contributed by atoms with Gasteiger partial charge in [-0.1, -0.05) is 0 Å². The second kappa shape index (κ2) is 10.0. The minimum atomic E-state index is -4.68. The Morgan fingerprint density at radius 1 is 1.12 bits per heavy atom. The number of halogens is 3. The number of pyridine rings is 1. The summed E-state index contributed by atoms with van der Waals surface area (Å²) in [6.07, 6.45) is 1.90. The Morgan fingerprint density at radius 2 is 1.90 bits per heavy atom. The molecule has 0 unspecified atom stereocenters. The van der Waals surface area contributed by atoms with Crippen molar-refractivity contribution >= 4 is 22.5 Å². The fourth-order valence-corrected chi connectivity index (χ4v) is 5.54. The summed E-state index contributed by atoms with van der Waals surface area (Å²) in [5.41, 5.74) is 2.59. The summed E-state index contributed by atoms with van der Waals surface area (Å²) >= 11 is 0. The van der Waals surface area contributed by atoms with Crippen LogP contribution < -0.4 is 9.64 Å². The highest BCUT2D eigenvalue weighted by molar-refractivity contribution is 6.13. The number of alkyl halides is 3. The zero-order valence-corrected chi connectivity index (χ0v) is 22.9. The predicted molar refractivity (Wildman–Crippen MR) is 148 cm³/mol. The third-order valence-corrected chi connectivity index (χ3v) is 7.32. The smallest absolute Gasteiger partial charge is 0.435 e. The molecule has 1 amide bonds. The highest BCUT2D eigenvalue weighted by Crippen LogP contribution is 2.41. The number of ether oxygens (including phenoxy) is 1. The minimum absolute atomic E-state index is 0.0800. The first-order valence-corrected chi connectivity index (χ1v) is 13.0. The second-order valence-corrected chi connectivity index (χ2v) is 10.1. The van der Waals surface area contributed by atoms with Crippen LogP contribution in [-0.4, -0.2) is 43.9 Å². The van der Waals surface area contributed by atoms with Crippen molar-refractivity contribution in [2.24, 2.45) is 7.05 Å². The first-order chi connectivity index (χ1) is 20.1. The molecular weight excluding hydrogens is 547 g/mol. The van der Waals surface area contributed by atoms with Crippen molar-refractivity contribution < 1.29 is 22.7 Å². The number of aromatic nitrogens is 5. The quantitative estimate of drug-likeness (QED) is 0.284. The van der Waals surface area contributed by atoms with Gasteiger partial charge < -0.3 is 14.2 Å². The van der Waals surface area contributed by atoms with Crippen LogP contribution in [0.25, 0.3) is 22.0 Å². The molecule has 0 bridgehead atoms. The van der Waals surface area contributed by atoms with E-state index >= 15 is 0 Å². The number of benzene rings is 2. The maximum atomic E-state index is 14.3. The van der Waals surface area contributed by atoms with Gasteiger partial charge >= 0.3 is 6.18 Å². The molecule has 0 saturated carbocycles. The minimum Gasteiger partial charge on any atom is -0.497 e. The maximum Gasteiger partial charge on any atom is 0.435 e. The van der Waals surface area contributed by atoms with Crippen LogP contribution in [0.2, 0.25) is 0 Å². The number of imidazole rings is 1. The van der Waals surface area contributed by atoms with Crippen LogP contribution in [0.4, 0.5) is 18.9 Å². The number of anilines is 1. The van der Waals surface area contributed by atoms with Gasteiger partial charge in [0.25, 0.3) is 5.91 Å². The number of hydrogen-bond donors (Lipinski definition) is 0. The SMILES string of the molecule is COc1cc(C#N)c2nc(C)cc(N3CCc4c(cc(Cn5ccnc5)cc4-c4cn(C)nc4C(F)(F)F)C3=O)c2c1. The van der Waals surface area contributed by atoms with Crippen molar-refractivity contribution in [2.45, 2.75) is 26.1 Å². The monoisotopic (exact) mass is 571 g/mol. The molecule has 1 aliphatic rings. The number of amides is 1. The lowest BCUT2D eigenvalue weighted by Crippen LogP contribution is -2.38. The lowest BCUT2D eigenvalue weighted by molar-refractivity contribution is -0.140. The van der Waals surface area contributed by atoms with Gasteiger partial charge in [-0.05, 0) is 54.3 Å². The zero-order valence-electron chi connectivity index (χ0n) is 22.9. The number of nitriles is 1. The van der Waals surface area contributed by atoms with Crippen molar-refractivity contribution in [3.63, 3.8) is 0 Å². The van der Waals surface area contributed by atoms with E-state index in [1.165, 1.54) is 20.4 Å². The number of carbonyl (C=O) groups is 1. The van der Waals surface area contributed by atoms with Gasteiger partial charge in [0.15, 0.2) is 5.69 Å². The van der Waals surface area contributed by atoms with E-state index < -0.39 is 11.9 Å². The predicted octanol–water partition coefficient (Wildman–Crippen LogP) is 5.29. The number of methoxy groups -OCH3 is 1. The normalized spacial score (nSPS) is 13.4. The van der Waals surface area contributed by atoms with Crippen molar-refractivity contribution in [1.82, 2.24) is 24.3 Å². The van der Waals surface area contributed by atoms with E-state index in [2.05, 4.69) is 21.1 Å². The van der Waals surface area contributed by atoms with Crippen molar-refractivity contribution in [3.05, 3.63) is 88.9 Å². The first kappa shape index (κ1) is 27.0. The van der Waals surface area contributed by atoms with Gasteiger partial charge in [-0.15, -0.1) is 0 Å². The molecule has 42 heavy (non-hydrogen) atoms. The van der Waals surface area contributed by atoms with Crippen LogP contribution in [0, 0.1) is 18.3 Å².